The molecule has 0 radical (unpaired) electrons. The van der Waals surface area contributed by atoms with Crippen LogP contribution in [0, 0.1) is 5.92 Å². The third-order valence-corrected chi connectivity index (χ3v) is 10.6. The first-order valence-corrected chi connectivity index (χ1v) is 18.8. The quantitative estimate of drug-likeness (QED) is 0.0788. The third kappa shape index (κ3) is 10.3. The Hall–Kier alpha value is -4.40. The second kappa shape index (κ2) is 17.8. The topological polar surface area (TPSA) is 52.5 Å². The van der Waals surface area contributed by atoms with E-state index in [0.29, 0.717) is 26.7 Å². The molecule has 0 heterocycles. The molecule has 0 aliphatic rings. The van der Waals surface area contributed by atoms with Gasteiger partial charge >= 0.3 is 8.45 Å². The highest BCUT2D eigenvalue weighted by atomic mass is 31.2. The molecule has 0 spiro atoms. The van der Waals surface area contributed by atoms with E-state index in [9.17, 15) is 0 Å². The fourth-order valence-electron chi connectivity index (χ4n) is 4.73. The SMILES string of the molecule is CC(C)CON(POc1ccc(-c2ccccc2)cc1)P(N=POc1ccc(-c2ccccc2)cc1)Oc1ccc(-c2ccccc2)cc1. The summed E-state index contributed by atoms with van der Waals surface area (Å²) in [4.78, 5) is 6.28. The molecule has 0 amide bonds. The van der Waals surface area contributed by atoms with Gasteiger partial charge in [0.05, 0.1) is 6.61 Å². The Kier molecular flexibility index (Phi) is 12.5. The van der Waals surface area contributed by atoms with Crippen LogP contribution >= 0.6 is 26.0 Å². The number of rotatable bonds is 15. The van der Waals surface area contributed by atoms with Gasteiger partial charge in [-0.25, -0.2) is 0 Å². The van der Waals surface area contributed by atoms with Gasteiger partial charge in [-0.15, -0.1) is 4.52 Å². The molecule has 6 rings (SSSR count). The molecule has 246 valence electrons. The lowest BCUT2D eigenvalue weighted by molar-refractivity contribution is -0.0308. The first kappa shape index (κ1) is 34.5. The molecule has 0 saturated heterocycles. The van der Waals surface area contributed by atoms with E-state index in [4.69, 9.17) is 22.9 Å². The summed E-state index contributed by atoms with van der Waals surface area (Å²) in [5.41, 5.74) is 6.79. The van der Waals surface area contributed by atoms with Crippen LogP contribution in [-0.2, 0) is 4.84 Å². The van der Waals surface area contributed by atoms with Gasteiger partial charge in [-0.2, -0.15) is 0 Å². The normalized spacial score (nSPS) is 12.2. The van der Waals surface area contributed by atoms with E-state index in [-0.39, 0.29) is 14.9 Å². The lowest BCUT2D eigenvalue weighted by atomic mass is 10.1. The molecule has 9 heteroatoms. The van der Waals surface area contributed by atoms with Gasteiger partial charge in [0.2, 0.25) is 0 Å². The molecule has 0 aliphatic heterocycles. The van der Waals surface area contributed by atoms with E-state index < -0.39 is 8.45 Å². The summed E-state index contributed by atoms with van der Waals surface area (Å²) in [6.45, 7) is 4.69. The minimum Gasteiger partial charge on any atom is -0.458 e. The number of nitrogens with zero attached hydrogens (tertiary/aromatic N) is 2. The van der Waals surface area contributed by atoms with Crippen molar-refractivity contribution in [2.24, 2.45) is 10.4 Å². The predicted molar refractivity (Wildman–Crippen MR) is 205 cm³/mol. The summed E-state index contributed by atoms with van der Waals surface area (Å²) in [5, 5.41) is 0. The van der Waals surface area contributed by atoms with Gasteiger partial charge in [0, 0.05) is 0 Å². The molecule has 0 aromatic heterocycles. The first-order valence-electron chi connectivity index (χ1n) is 16.0. The molecule has 0 saturated carbocycles. The lowest BCUT2D eigenvalue weighted by Gasteiger charge is -2.25. The summed E-state index contributed by atoms with van der Waals surface area (Å²) < 4.78 is 25.4. The van der Waals surface area contributed by atoms with Crippen molar-refractivity contribution in [2.45, 2.75) is 13.8 Å². The van der Waals surface area contributed by atoms with Gasteiger partial charge in [0.1, 0.15) is 17.2 Å². The van der Waals surface area contributed by atoms with Crippen LogP contribution in [0.3, 0.4) is 0 Å². The number of hydrogen-bond acceptors (Lipinski definition) is 6. The fourth-order valence-corrected chi connectivity index (χ4v) is 7.66. The molecule has 6 aromatic carbocycles. The molecule has 6 aromatic rings. The van der Waals surface area contributed by atoms with E-state index in [1.807, 2.05) is 115 Å². The Labute approximate surface area is 293 Å². The summed E-state index contributed by atoms with van der Waals surface area (Å²) in [5.74, 6) is 2.40. The van der Waals surface area contributed by atoms with Crippen LogP contribution in [0.25, 0.3) is 33.4 Å². The van der Waals surface area contributed by atoms with Crippen LogP contribution in [0.5, 0.6) is 17.2 Å². The zero-order valence-corrected chi connectivity index (χ0v) is 30.1. The highest BCUT2D eigenvalue weighted by Gasteiger charge is 2.26. The Morgan fingerprint density at radius 1 is 0.551 bits per heavy atom. The standard InChI is InChI=1S/C40H37N2O4P3/c1-31(2)30-43-42(48-45-39-26-20-36(21-27-39)33-14-8-4-9-15-33)49(46-40-28-22-37(23-29-40)34-16-10-5-11-17-34)41-47-44-38-24-18-35(19-25-38)32-12-6-3-7-13-32/h3-29,31,48H,30H2,1-2H3. The maximum Gasteiger partial charge on any atom is 0.337 e. The molecule has 0 bridgehead atoms. The fraction of sp³-hybridized carbons (Fsp3) is 0.100. The van der Waals surface area contributed by atoms with E-state index >= 15 is 0 Å². The minimum absolute atomic E-state index is 0.208. The second-order valence-electron chi connectivity index (χ2n) is 11.4. The smallest absolute Gasteiger partial charge is 0.337 e. The van der Waals surface area contributed by atoms with Crippen LogP contribution < -0.4 is 13.6 Å². The van der Waals surface area contributed by atoms with E-state index in [1.54, 1.807) is 4.60 Å². The first-order chi connectivity index (χ1) is 24.1. The molecule has 2 atom stereocenters. The van der Waals surface area contributed by atoms with Crippen LogP contribution in [0.2, 0.25) is 0 Å². The zero-order chi connectivity index (χ0) is 33.7. The van der Waals surface area contributed by atoms with Crippen molar-refractivity contribution in [2.75, 3.05) is 6.61 Å². The van der Waals surface area contributed by atoms with E-state index in [0.717, 1.165) is 39.1 Å². The number of hydrogen-bond donors (Lipinski definition) is 0. The minimum atomic E-state index is -1.69. The van der Waals surface area contributed by atoms with Crippen molar-refractivity contribution in [3.63, 3.8) is 0 Å². The molecule has 2 unspecified atom stereocenters. The Bertz CT molecular complexity index is 1880. The van der Waals surface area contributed by atoms with Crippen LogP contribution in [0.1, 0.15) is 13.8 Å². The largest absolute Gasteiger partial charge is 0.458 e. The third-order valence-electron chi connectivity index (χ3n) is 7.26. The summed E-state index contributed by atoms with van der Waals surface area (Å²) in [7, 11) is -1.52. The van der Waals surface area contributed by atoms with Crippen molar-refractivity contribution >= 4 is 26.0 Å². The maximum absolute atomic E-state index is 6.52. The van der Waals surface area contributed by atoms with Gasteiger partial charge in [0.25, 0.3) is 8.60 Å². The molecule has 49 heavy (non-hydrogen) atoms. The average molecular weight is 703 g/mol. The van der Waals surface area contributed by atoms with Crippen molar-refractivity contribution < 1.29 is 18.4 Å². The highest BCUT2D eigenvalue weighted by Crippen LogP contribution is 2.53. The maximum atomic E-state index is 6.52. The molecule has 0 fully saturated rings. The highest BCUT2D eigenvalue weighted by molar-refractivity contribution is 7.60. The second-order valence-corrected chi connectivity index (χ2v) is 14.7. The van der Waals surface area contributed by atoms with Gasteiger partial charge in [-0.1, -0.05) is 146 Å². The number of benzene rings is 6. The lowest BCUT2D eigenvalue weighted by Crippen LogP contribution is -2.15. The van der Waals surface area contributed by atoms with Gasteiger partial charge < -0.3 is 13.6 Å². The van der Waals surface area contributed by atoms with Crippen LogP contribution in [0.4, 0.5) is 0 Å². The Morgan fingerprint density at radius 2 is 0.959 bits per heavy atom. The van der Waals surface area contributed by atoms with Crippen molar-refractivity contribution in [3.05, 3.63) is 164 Å². The Balaban J connectivity index is 1.20. The zero-order valence-electron chi connectivity index (χ0n) is 27.3. The molecule has 0 aliphatic carbocycles. The van der Waals surface area contributed by atoms with Crippen LogP contribution in [-0.4, -0.2) is 11.2 Å². The molecule has 6 nitrogen and oxygen atoms in total. The molecular weight excluding hydrogens is 665 g/mol. The van der Waals surface area contributed by atoms with Gasteiger partial charge in [-0.3, -0.25) is 4.84 Å². The molecular formula is C40H37N2O4P3. The summed E-state index contributed by atoms with van der Waals surface area (Å²) >= 11 is 0. The van der Waals surface area contributed by atoms with Gasteiger partial charge in [0.15, 0.2) is 8.96 Å². The summed E-state index contributed by atoms with van der Waals surface area (Å²) in [6, 6.07) is 54.9. The van der Waals surface area contributed by atoms with Crippen LogP contribution in [0.15, 0.2) is 168 Å². The summed E-state index contributed by atoms with van der Waals surface area (Å²) in [6.07, 6.45) is 0. The van der Waals surface area contributed by atoms with Gasteiger partial charge in [-0.05, 0) is 75.7 Å². The van der Waals surface area contributed by atoms with E-state index in [2.05, 4.69) is 62.4 Å². The van der Waals surface area contributed by atoms with E-state index in [1.165, 1.54) is 0 Å². The molecule has 0 N–H and O–H groups in total. The average Bonchev–Trinajstić information content (AvgIpc) is 3.16. The van der Waals surface area contributed by atoms with Crippen molar-refractivity contribution in [3.8, 4) is 50.6 Å². The van der Waals surface area contributed by atoms with Crippen molar-refractivity contribution in [1.29, 1.82) is 0 Å². The Morgan fingerprint density at radius 3 is 1.41 bits per heavy atom. The predicted octanol–water partition coefficient (Wildman–Crippen LogP) is 12.9. The monoisotopic (exact) mass is 702 g/mol. The van der Waals surface area contributed by atoms with Crippen molar-refractivity contribution in [1.82, 2.24) is 4.60 Å².